The first-order valence-electron chi connectivity index (χ1n) is 5.36. The van der Waals surface area contributed by atoms with Crippen molar-refractivity contribution in [1.82, 2.24) is 15.5 Å². The molecule has 1 aliphatic heterocycles. The number of hydrogen-bond donors (Lipinski definition) is 2. The molecule has 1 heterocycles. The molecule has 1 unspecified atom stereocenters. The Kier molecular flexibility index (Phi) is 5.37. The molecule has 1 saturated heterocycles. The number of amides is 1. The topological polar surface area (TPSA) is 74.0 Å². The summed E-state index contributed by atoms with van der Waals surface area (Å²) in [5.41, 5.74) is 0. The van der Waals surface area contributed by atoms with E-state index >= 15 is 0 Å². The van der Waals surface area contributed by atoms with Gasteiger partial charge in [-0.15, -0.1) is 0 Å². The van der Waals surface area contributed by atoms with Crippen LogP contribution in [0.1, 0.15) is 13.3 Å². The summed E-state index contributed by atoms with van der Waals surface area (Å²) < 4.78 is 5.12. The zero-order chi connectivity index (χ0) is 12.0. The third-order valence-corrected chi connectivity index (χ3v) is 2.16. The lowest BCUT2D eigenvalue weighted by Gasteiger charge is -2.21. The van der Waals surface area contributed by atoms with E-state index in [2.05, 4.69) is 10.6 Å². The van der Waals surface area contributed by atoms with Gasteiger partial charge >= 0.3 is 0 Å². The van der Waals surface area contributed by atoms with Gasteiger partial charge in [-0.25, -0.2) is 0 Å². The van der Waals surface area contributed by atoms with Crippen LogP contribution in [0.5, 0.6) is 0 Å². The molecule has 16 heavy (non-hydrogen) atoms. The zero-order valence-electron chi connectivity index (χ0n) is 9.78. The summed E-state index contributed by atoms with van der Waals surface area (Å²) in [6, 6.07) is 0. The van der Waals surface area contributed by atoms with Gasteiger partial charge in [-0.2, -0.15) is 0 Å². The van der Waals surface area contributed by atoms with Gasteiger partial charge in [-0.3, -0.25) is 14.5 Å². The molecule has 1 amide bonds. The first-order chi connectivity index (χ1) is 7.61. The van der Waals surface area contributed by atoms with Gasteiger partial charge in [0.05, 0.1) is 25.8 Å². The van der Waals surface area contributed by atoms with E-state index in [0.29, 0.717) is 13.3 Å². The number of rotatable bonds is 8. The van der Waals surface area contributed by atoms with E-state index in [1.165, 1.54) is 6.92 Å². The molecule has 1 fully saturated rings. The highest BCUT2D eigenvalue weighted by atomic mass is 16.6. The van der Waals surface area contributed by atoms with Crippen LogP contribution in [0.3, 0.4) is 0 Å². The van der Waals surface area contributed by atoms with Gasteiger partial charge in [0.1, 0.15) is 5.78 Å². The Balaban J connectivity index is 2.19. The van der Waals surface area contributed by atoms with Crippen molar-refractivity contribution in [3.63, 3.8) is 0 Å². The number of nitrogens with zero attached hydrogens (tertiary/aromatic N) is 1. The van der Waals surface area contributed by atoms with Crippen molar-refractivity contribution in [2.24, 2.45) is 0 Å². The molecular formula is C10H19N3O3. The van der Waals surface area contributed by atoms with E-state index in [1.807, 2.05) is 11.9 Å². The molecule has 2 N–H and O–H groups in total. The van der Waals surface area contributed by atoms with Crippen molar-refractivity contribution in [1.29, 1.82) is 0 Å². The van der Waals surface area contributed by atoms with Gasteiger partial charge in [0, 0.05) is 13.2 Å². The monoisotopic (exact) mass is 229 g/mol. The second-order valence-electron chi connectivity index (χ2n) is 3.96. The number of ether oxygens (including phenoxy) is 1. The number of hydrogen-bond acceptors (Lipinski definition) is 5. The second-order valence-corrected chi connectivity index (χ2v) is 3.96. The molecule has 1 atom stereocenters. The first-order valence-corrected chi connectivity index (χ1v) is 5.36. The van der Waals surface area contributed by atoms with E-state index in [0.717, 1.165) is 13.2 Å². The fourth-order valence-electron chi connectivity index (χ4n) is 1.36. The van der Waals surface area contributed by atoms with Crippen molar-refractivity contribution in [3.8, 4) is 0 Å². The lowest BCUT2D eigenvalue weighted by atomic mass is 10.3. The average Bonchev–Trinajstić information content (AvgIpc) is 2.97. The molecule has 6 heteroatoms. The van der Waals surface area contributed by atoms with Crippen LogP contribution < -0.4 is 10.6 Å². The summed E-state index contributed by atoms with van der Waals surface area (Å²) in [5.74, 6) is -0.353. The minimum atomic E-state index is -0.231. The van der Waals surface area contributed by atoms with Gasteiger partial charge in [0.15, 0.2) is 0 Å². The largest absolute Gasteiger partial charge is 0.372 e. The predicted octanol–water partition coefficient (Wildman–Crippen LogP) is -1.08. The zero-order valence-corrected chi connectivity index (χ0v) is 9.78. The highest BCUT2D eigenvalue weighted by Crippen LogP contribution is 2.09. The molecule has 0 radical (unpaired) electrons. The van der Waals surface area contributed by atoms with Gasteiger partial charge in [-0.1, -0.05) is 0 Å². The summed E-state index contributed by atoms with van der Waals surface area (Å²) >= 11 is 0. The number of carbonyl (C=O) groups excluding carboxylic acids is 2. The van der Waals surface area contributed by atoms with Crippen LogP contribution in [0, 0.1) is 0 Å². The average molecular weight is 229 g/mol. The van der Waals surface area contributed by atoms with E-state index < -0.39 is 0 Å². The molecule has 0 aromatic rings. The molecule has 0 bridgehead atoms. The van der Waals surface area contributed by atoms with Crippen molar-refractivity contribution < 1.29 is 14.3 Å². The lowest BCUT2D eigenvalue weighted by Crippen LogP contribution is -2.43. The maximum Gasteiger partial charge on any atom is 0.228 e. The van der Waals surface area contributed by atoms with Gasteiger partial charge in [0.2, 0.25) is 5.91 Å². The van der Waals surface area contributed by atoms with Crippen molar-refractivity contribution in [2.75, 3.05) is 33.5 Å². The number of Topliss-reactive ketones (excluding diaryl/α,β-unsaturated/α-hetero) is 1. The highest BCUT2D eigenvalue weighted by molar-refractivity contribution is 5.96. The Morgan fingerprint density at radius 2 is 2.12 bits per heavy atom. The number of carbonyl (C=O) groups is 2. The van der Waals surface area contributed by atoms with E-state index in [1.54, 1.807) is 0 Å². The fourth-order valence-corrected chi connectivity index (χ4v) is 1.36. The van der Waals surface area contributed by atoms with Crippen LogP contribution in [0.2, 0.25) is 0 Å². The molecule has 92 valence electrons. The Morgan fingerprint density at radius 1 is 1.44 bits per heavy atom. The fraction of sp³-hybridized carbons (Fsp3) is 0.800. The van der Waals surface area contributed by atoms with Gasteiger partial charge < -0.3 is 15.4 Å². The maximum absolute atomic E-state index is 11.3. The van der Waals surface area contributed by atoms with E-state index in [9.17, 15) is 9.59 Å². The Hall–Kier alpha value is -0.980. The van der Waals surface area contributed by atoms with Crippen LogP contribution in [0.25, 0.3) is 0 Å². The summed E-state index contributed by atoms with van der Waals surface area (Å²) in [6.45, 7) is 4.11. The molecule has 0 saturated carbocycles. The number of ketones is 1. The summed E-state index contributed by atoms with van der Waals surface area (Å²) in [7, 11) is 1.85. The molecule has 0 aliphatic carbocycles. The predicted molar refractivity (Wildman–Crippen MR) is 58.7 cm³/mol. The molecule has 0 spiro atoms. The summed E-state index contributed by atoms with van der Waals surface area (Å²) in [5, 5.41) is 5.72. The summed E-state index contributed by atoms with van der Waals surface area (Å²) in [4.78, 5) is 24.0. The van der Waals surface area contributed by atoms with Gasteiger partial charge in [0.25, 0.3) is 0 Å². The Labute approximate surface area is 95.3 Å². The first kappa shape index (κ1) is 13.1. The SMILES string of the molecule is CNCN(CNC(=O)CC(C)=O)CC1CO1. The minimum absolute atomic E-state index is 0.0483. The van der Waals surface area contributed by atoms with Crippen molar-refractivity contribution >= 4 is 11.7 Å². The van der Waals surface area contributed by atoms with E-state index in [-0.39, 0.29) is 24.2 Å². The Morgan fingerprint density at radius 3 is 2.62 bits per heavy atom. The molecule has 0 aromatic carbocycles. The molecule has 0 aromatic heterocycles. The van der Waals surface area contributed by atoms with Gasteiger partial charge in [-0.05, 0) is 14.0 Å². The highest BCUT2D eigenvalue weighted by Gasteiger charge is 2.25. The number of nitrogens with one attached hydrogen (secondary N) is 2. The third-order valence-electron chi connectivity index (χ3n) is 2.16. The summed E-state index contributed by atoms with van der Waals surface area (Å²) in [6.07, 6.45) is 0.242. The van der Waals surface area contributed by atoms with Crippen molar-refractivity contribution in [3.05, 3.63) is 0 Å². The van der Waals surface area contributed by atoms with Crippen LogP contribution in [0.4, 0.5) is 0 Å². The standard InChI is InChI=1S/C10H19N3O3/c1-8(14)3-10(15)12-7-13(6-11-2)4-9-5-16-9/h9,11H,3-7H2,1-2H3,(H,12,15). The molecule has 1 aliphatic rings. The normalized spacial score (nSPS) is 18.6. The van der Waals surface area contributed by atoms with E-state index in [4.69, 9.17) is 4.74 Å². The van der Waals surface area contributed by atoms with Crippen LogP contribution >= 0.6 is 0 Å². The Bertz CT molecular complexity index is 254. The third kappa shape index (κ3) is 5.79. The lowest BCUT2D eigenvalue weighted by molar-refractivity contribution is -0.127. The quantitative estimate of drug-likeness (QED) is 0.314. The molecule has 1 rings (SSSR count). The van der Waals surface area contributed by atoms with Crippen LogP contribution in [-0.2, 0) is 14.3 Å². The maximum atomic E-state index is 11.3. The molecule has 6 nitrogen and oxygen atoms in total. The number of epoxide rings is 1. The molecular weight excluding hydrogens is 210 g/mol. The smallest absolute Gasteiger partial charge is 0.228 e. The van der Waals surface area contributed by atoms with Crippen LogP contribution in [-0.4, -0.2) is 56.2 Å². The minimum Gasteiger partial charge on any atom is -0.372 e. The van der Waals surface area contributed by atoms with Crippen molar-refractivity contribution in [2.45, 2.75) is 19.4 Å². The van der Waals surface area contributed by atoms with Crippen LogP contribution in [0.15, 0.2) is 0 Å². The second kappa shape index (κ2) is 6.57.